The van der Waals surface area contributed by atoms with Crippen molar-refractivity contribution in [1.29, 1.82) is 0 Å². The topological polar surface area (TPSA) is 30.7 Å². The van der Waals surface area contributed by atoms with E-state index in [1.807, 2.05) is 48.5 Å². The Morgan fingerprint density at radius 3 is 2.00 bits per heavy atom. The van der Waals surface area contributed by atoms with Gasteiger partial charge in [-0.3, -0.25) is 4.57 Å². The Kier molecular flexibility index (Phi) is 4.82. The van der Waals surface area contributed by atoms with Gasteiger partial charge in [0.1, 0.15) is 16.8 Å². The number of hydrogen-bond acceptors (Lipinski definition) is 2. The maximum Gasteiger partial charge on any atom is 0.147 e. The summed E-state index contributed by atoms with van der Waals surface area (Å²) in [5.41, 5.74) is 4.03. The number of aryl methyl sites for hydroxylation is 1. The second-order valence-corrected chi connectivity index (χ2v) is 7.50. The van der Waals surface area contributed by atoms with Crippen LogP contribution in [0.2, 0.25) is 5.15 Å². The number of fused-ring (bicyclic) bond motifs is 1. The lowest BCUT2D eigenvalue weighted by molar-refractivity contribution is 0.874. The molecule has 0 aliphatic carbocycles. The lowest BCUT2D eigenvalue weighted by atomic mass is 10.0. The van der Waals surface area contributed by atoms with Crippen LogP contribution < -0.4 is 0 Å². The molecule has 0 atom stereocenters. The van der Waals surface area contributed by atoms with Gasteiger partial charge in [-0.05, 0) is 10.9 Å². The molecule has 5 aromatic rings. The van der Waals surface area contributed by atoms with Crippen LogP contribution >= 0.6 is 11.6 Å². The van der Waals surface area contributed by atoms with Crippen molar-refractivity contribution in [3.8, 4) is 28.2 Å². The number of aromatic nitrogens is 3. The van der Waals surface area contributed by atoms with E-state index in [0.717, 1.165) is 51.2 Å². The molecular weight excluding hydrogens is 390 g/mol. The Morgan fingerprint density at radius 1 is 0.733 bits per heavy atom. The number of pyridine rings is 1. The molecule has 4 heteroatoms. The maximum atomic E-state index is 6.77. The van der Waals surface area contributed by atoms with Gasteiger partial charge in [0.2, 0.25) is 0 Å². The van der Waals surface area contributed by atoms with E-state index in [9.17, 15) is 0 Å². The average Bonchev–Trinajstić information content (AvgIpc) is 3.24. The molecule has 0 saturated heterocycles. The van der Waals surface area contributed by atoms with Crippen LogP contribution in [0.3, 0.4) is 0 Å². The van der Waals surface area contributed by atoms with Gasteiger partial charge in [-0.1, -0.05) is 103 Å². The largest absolute Gasteiger partial charge is 0.287 e. The van der Waals surface area contributed by atoms with E-state index >= 15 is 0 Å². The molecule has 0 spiro atoms. The van der Waals surface area contributed by atoms with Crippen molar-refractivity contribution in [1.82, 2.24) is 14.5 Å². The summed E-state index contributed by atoms with van der Waals surface area (Å²) >= 11 is 6.77. The van der Waals surface area contributed by atoms with E-state index in [1.165, 1.54) is 0 Å². The zero-order valence-corrected chi connectivity index (χ0v) is 17.3. The zero-order chi connectivity index (χ0) is 20.5. The molecule has 146 valence electrons. The number of imidazole rings is 1. The highest BCUT2D eigenvalue weighted by Crippen LogP contribution is 2.37. The Labute approximate surface area is 180 Å². The molecule has 0 aliphatic heterocycles. The third-order valence-corrected chi connectivity index (χ3v) is 5.58. The smallest absolute Gasteiger partial charge is 0.147 e. The van der Waals surface area contributed by atoms with Gasteiger partial charge < -0.3 is 0 Å². The summed E-state index contributed by atoms with van der Waals surface area (Å²) in [7, 11) is 0. The molecule has 0 saturated carbocycles. The second-order valence-electron chi connectivity index (χ2n) is 7.14. The van der Waals surface area contributed by atoms with E-state index in [2.05, 4.69) is 54.1 Å². The summed E-state index contributed by atoms with van der Waals surface area (Å²) in [6.07, 6.45) is 2.85. The highest BCUT2D eigenvalue weighted by atomic mass is 35.5. The van der Waals surface area contributed by atoms with E-state index in [0.29, 0.717) is 5.15 Å². The predicted molar refractivity (Wildman–Crippen MR) is 124 cm³/mol. The van der Waals surface area contributed by atoms with Crippen molar-refractivity contribution >= 4 is 22.4 Å². The number of halogens is 1. The molecule has 0 amide bonds. The molecule has 0 N–H and O–H groups in total. The van der Waals surface area contributed by atoms with E-state index in [1.54, 1.807) is 0 Å². The fourth-order valence-corrected chi connectivity index (χ4v) is 4.17. The maximum absolute atomic E-state index is 6.77. The fourth-order valence-electron chi connectivity index (χ4n) is 3.88. The van der Waals surface area contributed by atoms with Crippen LogP contribution in [0.25, 0.3) is 39.0 Å². The van der Waals surface area contributed by atoms with E-state index in [4.69, 9.17) is 21.6 Å². The quantitative estimate of drug-likeness (QED) is 0.300. The molecule has 0 aliphatic rings. The minimum Gasteiger partial charge on any atom is -0.287 e. The molecule has 30 heavy (non-hydrogen) atoms. The van der Waals surface area contributed by atoms with Crippen LogP contribution in [0.5, 0.6) is 0 Å². The number of hydrogen-bond donors (Lipinski definition) is 0. The molecule has 3 nitrogen and oxygen atoms in total. The molecule has 0 radical (unpaired) electrons. The van der Waals surface area contributed by atoms with Crippen molar-refractivity contribution in [2.24, 2.45) is 0 Å². The first-order chi connectivity index (χ1) is 14.8. The molecule has 3 aromatic carbocycles. The Balaban J connectivity index is 1.76. The summed E-state index contributed by atoms with van der Waals surface area (Å²) in [5, 5.41) is 2.62. The van der Waals surface area contributed by atoms with Gasteiger partial charge in [0.25, 0.3) is 0 Å². The Hall–Kier alpha value is -3.43. The average molecular weight is 410 g/mol. The van der Waals surface area contributed by atoms with Crippen LogP contribution in [-0.4, -0.2) is 14.5 Å². The number of benzene rings is 3. The highest BCUT2D eigenvalue weighted by molar-refractivity contribution is 6.34. The van der Waals surface area contributed by atoms with Gasteiger partial charge in [0.15, 0.2) is 0 Å². The Bertz CT molecular complexity index is 1330. The van der Waals surface area contributed by atoms with Crippen LogP contribution in [-0.2, 0) is 6.42 Å². The first-order valence-electron chi connectivity index (χ1n) is 10.0. The zero-order valence-electron chi connectivity index (χ0n) is 16.6. The molecule has 0 unspecified atom stereocenters. The van der Waals surface area contributed by atoms with Crippen molar-refractivity contribution in [2.45, 2.75) is 13.3 Å². The van der Waals surface area contributed by atoms with Gasteiger partial charge in [-0.25, -0.2) is 9.97 Å². The normalized spacial score (nSPS) is 11.1. The third kappa shape index (κ3) is 3.17. The monoisotopic (exact) mass is 409 g/mol. The van der Waals surface area contributed by atoms with Crippen molar-refractivity contribution in [2.75, 3.05) is 0 Å². The van der Waals surface area contributed by atoms with Crippen molar-refractivity contribution in [3.05, 3.63) is 102 Å². The van der Waals surface area contributed by atoms with E-state index in [-0.39, 0.29) is 0 Å². The van der Waals surface area contributed by atoms with Crippen LogP contribution in [0, 0.1) is 0 Å². The third-order valence-electron chi connectivity index (χ3n) is 5.30. The van der Waals surface area contributed by atoms with Crippen molar-refractivity contribution < 1.29 is 0 Å². The summed E-state index contributed by atoms with van der Waals surface area (Å²) in [5.74, 6) is 1.76. The molecule has 0 fully saturated rings. The first-order valence-corrected chi connectivity index (χ1v) is 10.4. The van der Waals surface area contributed by atoms with Crippen LogP contribution in [0.1, 0.15) is 12.7 Å². The highest BCUT2D eigenvalue weighted by Gasteiger charge is 2.18. The van der Waals surface area contributed by atoms with Crippen molar-refractivity contribution in [3.63, 3.8) is 0 Å². The van der Waals surface area contributed by atoms with Gasteiger partial charge in [-0.2, -0.15) is 0 Å². The fraction of sp³-hybridized carbons (Fsp3) is 0.0769. The van der Waals surface area contributed by atoms with Gasteiger partial charge in [-0.15, -0.1) is 0 Å². The molecule has 2 aromatic heterocycles. The predicted octanol–water partition coefficient (Wildman–Crippen LogP) is 6.97. The summed E-state index contributed by atoms with van der Waals surface area (Å²) in [6.45, 7) is 2.11. The summed E-state index contributed by atoms with van der Waals surface area (Å²) < 4.78 is 2.07. The number of nitrogens with zero attached hydrogens (tertiary/aromatic N) is 3. The Morgan fingerprint density at radius 2 is 1.33 bits per heavy atom. The minimum atomic E-state index is 0.493. The van der Waals surface area contributed by atoms with Crippen LogP contribution in [0.4, 0.5) is 0 Å². The SMILES string of the molecule is CCc1nc(-c2ccccc2)cn1-c1nc(Cl)c(-c2ccccc2)c2ccccc12. The van der Waals surface area contributed by atoms with E-state index < -0.39 is 0 Å². The molecular formula is C26H20ClN3. The van der Waals surface area contributed by atoms with Gasteiger partial charge in [0.05, 0.1) is 5.69 Å². The lowest BCUT2D eigenvalue weighted by Crippen LogP contribution is -2.04. The summed E-state index contributed by atoms with van der Waals surface area (Å²) in [4.78, 5) is 9.72. The second kappa shape index (κ2) is 7.77. The molecule has 5 rings (SSSR count). The summed E-state index contributed by atoms with van der Waals surface area (Å²) in [6, 6.07) is 28.7. The number of rotatable bonds is 4. The van der Waals surface area contributed by atoms with Gasteiger partial charge in [0, 0.05) is 29.1 Å². The minimum absolute atomic E-state index is 0.493. The standard InChI is InChI=1S/C26H20ClN3/c1-2-23-28-22(18-11-5-3-6-12-18)17-30(23)26-21-16-10-9-15-20(21)24(25(27)29-26)19-13-7-4-8-14-19/h3-17H,2H2,1H3. The molecule has 2 heterocycles. The first kappa shape index (κ1) is 18.6. The van der Waals surface area contributed by atoms with Crippen LogP contribution in [0.15, 0.2) is 91.1 Å². The van der Waals surface area contributed by atoms with Gasteiger partial charge >= 0.3 is 0 Å². The lowest BCUT2D eigenvalue weighted by Gasteiger charge is -2.14. The molecule has 0 bridgehead atoms.